The number of hydrogen-bond acceptors (Lipinski definition) is 1. The summed E-state index contributed by atoms with van der Waals surface area (Å²) in [6.07, 6.45) is 3.92. The van der Waals surface area contributed by atoms with Crippen LogP contribution in [0.3, 0.4) is 0 Å². The molecular formula is C11H22ClN. The molecule has 0 amide bonds. The lowest BCUT2D eigenvalue weighted by atomic mass is 9.85. The Bertz CT molecular complexity index is 147. The molecule has 0 heterocycles. The van der Waals surface area contributed by atoms with Crippen LogP contribution in [0.25, 0.3) is 0 Å². The van der Waals surface area contributed by atoms with E-state index < -0.39 is 0 Å². The molecule has 1 aliphatic rings. The van der Waals surface area contributed by atoms with E-state index in [1.54, 1.807) is 0 Å². The largest absolute Gasteiger partial charge is 0.313 e. The van der Waals surface area contributed by atoms with Crippen LogP contribution in [0.1, 0.15) is 40.0 Å². The molecule has 13 heavy (non-hydrogen) atoms. The van der Waals surface area contributed by atoms with Crippen molar-refractivity contribution in [2.45, 2.75) is 46.1 Å². The first-order chi connectivity index (χ1) is 6.04. The number of rotatable bonds is 5. The molecule has 1 aliphatic carbocycles. The predicted octanol–water partition coefficient (Wildman–Crippen LogP) is 3.03. The molecule has 1 fully saturated rings. The van der Waals surface area contributed by atoms with Crippen molar-refractivity contribution in [3.05, 3.63) is 0 Å². The van der Waals surface area contributed by atoms with Crippen LogP contribution in [-0.2, 0) is 0 Å². The molecule has 1 N–H and O–H groups in total. The first-order valence-electron chi connectivity index (χ1n) is 5.33. The number of alkyl halides is 1. The van der Waals surface area contributed by atoms with E-state index >= 15 is 0 Å². The van der Waals surface area contributed by atoms with E-state index in [0.29, 0.717) is 11.5 Å². The molecule has 1 unspecified atom stereocenters. The van der Waals surface area contributed by atoms with E-state index in [1.807, 2.05) is 0 Å². The quantitative estimate of drug-likeness (QED) is 0.678. The number of nitrogens with one attached hydrogen (secondary N) is 1. The fraction of sp³-hybridized carbons (Fsp3) is 1.00. The van der Waals surface area contributed by atoms with E-state index in [2.05, 4.69) is 26.1 Å². The third kappa shape index (κ3) is 4.33. The molecule has 0 radical (unpaired) electrons. The van der Waals surface area contributed by atoms with Crippen LogP contribution in [0.2, 0.25) is 0 Å². The zero-order valence-corrected chi connectivity index (χ0v) is 9.82. The summed E-state index contributed by atoms with van der Waals surface area (Å²) in [6, 6.07) is 0.575. The Morgan fingerprint density at radius 1 is 1.38 bits per heavy atom. The third-order valence-corrected chi connectivity index (χ3v) is 3.01. The third-order valence-electron chi connectivity index (χ3n) is 2.79. The highest BCUT2D eigenvalue weighted by Gasteiger charge is 2.27. The van der Waals surface area contributed by atoms with Gasteiger partial charge in [0.1, 0.15) is 0 Å². The molecule has 1 nitrogen and oxygen atoms in total. The van der Waals surface area contributed by atoms with Crippen molar-refractivity contribution in [2.75, 3.05) is 12.4 Å². The molecule has 0 spiro atoms. The molecule has 1 saturated carbocycles. The van der Waals surface area contributed by atoms with Crippen LogP contribution in [-0.4, -0.2) is 18.5 Å². The minimum Gasteiger partial charge on any atom is -0.313 e. The summed E-state index contributed by atoms with van der Waals surface area (Å²) in [4.78, 5) is 0. The lowest BCUT2D eigenvalue weighted by Crippen LogP contribution is -2.41. The van der Waals surface area contributed by atoms with Gasteiger partial charge in [-0.25, -0.2) is 0 Å². The van der Waals surface area contributed by atoms with Gasteiger partial charge in [-0.15, -0.1) is 11.6 Å². The zero-order valence-electron chi connectivity index (χ0n) is 9.07. The van der Waals surface area contributed by atoms with Gasteiger partial charge >= 0.3 is 0 Å². The van der Waals surface area contributed by atoms with Gasteiger partial charge in [0.15, 0.2) is 0 Å². The summed E-state index contributed by atoms with van der Waals surface area (Å²) >= 11 is 5.79. The number of hydrogen-bond donors (Lipinski definition) is 1. The maximum absolute atomic E-state index is 5.79. The summed E-state index contributed by atoms with van der Waals surface area (Å²) in [5.74, 6) is 1.72. The average molecular weight is 204 g/mol. The van der Waals surface area contributed by atoms with E-state index in [9.17, 15) is 0 Å². The summed E-state index contributed by atoms with van der Waals surface area (Å²) in [5, 5.41) is 3.64. The predicted molar refractivity (Wildman–Crippen MR) is 59.3 cm³/mol. The molecule has 0 aromatic carbocycles. The molecule has 1 atom stereocenters. The first-order valence-corrected chi connectivity index (χ1v) is 5.87. The molecule has 0 aromatic heterocycles. The van der Waals surface area contributed by atoms with Crippen LogP contribution in [0.5, 0.6) is 0 Å². The van der Waals surface area contributed by atoms with Gasteiger partial charge in [0.2, 0.25) is 0 Å². The highest BCUT2D eigenvalue weighted by molar-refractivity contribution is 6.17. The minimum atomic E-state index is 0.337. The first kappa shape index (κ1) is 11.3. The van der Waals surface area contributed by atoms with E-state index in [0.717, 1.165) is 18.2 Å². The van der Waals surface area contributed by atoms with Crippen LogP contribution < -0.4 is 5.32 Å². The monoisotopic (exact) mass is 203 g/mol. The summed E-state index contributed by atoms with van der Waals surface area (Å²) in [7, 11) is 0. The smallest absolute Gasteiger partial charge is 0.0238 e. The Morgan fingerprint density at radius 3 is 2.38 bits per heavy atom. The van der Waals surface area contributed by atoms with E-state index in [-0.39, 0.29) is 0 Å². The Kier molecular flexibility index (Phi) is 4.06. The van der Waals surface area contributed by atoms with Gasteiger partial charge in [-0.05, 0) is 37.1 Å². The summed E-state index contributed by atoms with van der Waals surface area (Å²) in [5.41, 5.74) is 0.337. The van der Waals surface area contributed by atoms with Gasteiger partial charge in [-0.2, -0.15) is 0 Å². The highest BCUT2D eigenvalue weighted by atomic mass is 35.5. The topological polar surface area (TPSA) is 12.0 Å². The second-order valence-electron chi connectivity index (χ2n) is 5.25. The molecule has 0 aromatic rings. The van der Waals surface area contributed by atoms with Crippen molar-refractivity contribution < 1.29 is 0 Å². The van der Waals surface area contributed by atoms with Crippen molar-refractivity contribution in [2.24, 2.45) is 11.3 Å². The molecule has 0 saturated heterocycles. The van der Waals surface area contributed by atoms with Crippen molar-refractivity contribution in [1.82, 2.24) is 5.32 Å². The van der Waals surface area contributed by atoms with Gasteiger partial charge < -0.3 is 5.32 Å². The van der Waals surface area contributed by atoms with Gasteiger partial charge in [0.05, 0.1) is 0 Å². The minimum absolute atomic E-state index is 0.337. The maximum Gasteiger partial charge on any atom is 0.0238 e. The van der Waals surface area contributed by atoms with Gasteiger partial charge in [-0.3, -0.25) is 0 Å². The van der Waals surface area contributed by atoms with Crippen molar-refractivity contribution >= 4 is 11.6 Å². The van der Waals surface area contributed by atoms with E-state index in [4.69, 9.17) is 11.6 Å². The lowest BCUT2D eigenvalue weighted by Gasteiger charge is -2.31. The average Bonchev–Trinajstić information content (AvgIpc) is 2.78. The molecule has 2 heteroatoms. The Morgan fingerprint density at radius 2 is 2.00 bits per heavy atom. The van der Waals surface area contributed by atoms with Crippen molar-refractivity contribution in [1.29, 1.82) is 0 Å². The SMILES string of the molecule is CC(C)(C)C(CCCl)NCC1CC1. The Labute approximate surface area is 87.2 Å². The normalized spacial score (nSPS) is 20.3. The van der Waals surface area contributed by atoms with Crippen LogP contribution in [0, 0.1) is 11.3 Å². The van der Waals surface area contributed by atoms with Crippen LogP contribution in [0.15, 0.2) is 0 Å². The van der Waals surface area contributed by atoms with Crippen LogP contribution >= 0.6 is 11.6 Å². The molecular weight excluding hydrogens is 182 g/mol. The van der Waals surface area contributed by atoms with Gasteiger partial charge in [-0.1, -0.05) is 20.8 Å². The maximum atomic E-state index is 5.79. The fourth-order valence-corrected chi connectivity index (χ4v) is 1.80. The van der Waals surface area contributed by atoms with Crippen molar-refractivity contribution in [3.8, 4) is 0 Å². The van der Waals surface area contributed by atoms with Crippen molar-refractivity contribution in [3.63, 3.8) is 0 Å². The Hall–Kier alpha value is 0.250. The molecule has 0 bridgehead atoms. The van der Waals surface area contributed by atoms with Gasteiger partial charge in [0.25, 0.3) is 0 Å². The highest BCUT2D eigenvalue weighted by Crippen LogP contribution is 2.29. The fourth-order valence-electron chi connectivity index (χ4n) is 1.58. The second kappa shape index (κ2) is 4.65. The molecule has 0 aliphatic heterocycles. The second-order valence-corrected chi connectivity index (χ2v) is 5.63. The molecule has 1 rings (SSSR count). The van der Waals surface area contributed by atoms with Crippen LogP contribution in [0.4, 0.5) is 0 Å². The lowest BCUT2D eigenvalue weighted by molar-refractivity contribution is 0.260. The van der Waals surface area contributed by atoms with E-state index in [1.165, 1.54) is 19.4 Å². The summed E-state index contributed by atoms with van der Waals surface area (Å²) < 4.78 is 0. The standard InChI is InChI=1S/C11H22ClN/c1-11(2,3)10(6-7-12)13-8-9-4-5-9/h9-10,13H,4-8H2,1-3H3. The Balaban J connectivity index is 2.27. The zero-order chi connectivity index (χ0) is 9.90. The molecule has 78 valence electrons. The summed E-state index contributed by atoms with van der Waals surface area (Å²) in [6.45, 7) is 8.04. The number of halogens is 1. The van der Waals surface area contributed by atoms with Gasteiger partial charge in [0, 0.05) is 11.9 Å².